The molecule has 1 amide bonds. The summed E-state index contributed by atoms with van der Waals surface area (Å²) in [6.07, 6.45) is 3.28. The van der Waals surface area contributed by atoms with Gasteiger partial charge in [-0.1, -0.05) is 6.07 Å². The summed E-state index contributed by atoms with van der Waals surface area (Å²) in [7, 11) is 0. The summed E-state index contributed by atoms with van der Waals surface area (Å²) in [5.74, 6) is -1.25. The van der Waals surface area contributed by atoms with Crippen molar-refractivity contribution in [3.63, 3.8) is 0 Å². The fourth-order valence-electron chi connectivity index (χ4n) is 2.48. The molecular weight excluding hydrogens is 300 g/mol. The molecule has 1 aromatic heterocycles. The summed E-state index contributed by atoms with van der Waals surface area (Å²) >= 11 is 0. The molecular formula is C16H16N2O5. The number of rotatable bonds is 4. The van der Waals surface area contributed by atoms with Crippen molar-refractivity contribution >= 4 is 17.8 Å². The summed E-state index contributed by atoms with van der Waals surface area (Å²) in [6, 6.07) is 4.69. The Hall–Kier alpha value is -2.70. The van der Waals surface area contributed by atoms with Crippen molar-refractivity contribution in [2.24, 2.45) is 0 Å². The highest BCUT2D eigenvalue weighted by molar-refractivity contribution is 5.94. The largest absolute Gasteiger partial charge is 0.458 e. The van der Waals surface area contributed by atoms with Crippen LogP contribution in [0.5, 0.6) is 0 Å². The number of carbonyl (C=O) groups is 3. The number of carbonyl (C=O) groups excluding carboxylic acids is 3. The average molecular weight is 316 g/mol. The van der Waals surface area contributed by atoms with E-state index in [4.69, 9.17) is 9.47 Å². The van der Waals surface area contributed by atoms with Crippen LogP contribution in [-0.4, -0.2) is 54.0 Å². The van der Waals surface area contributed by atoms with E-state index in [1.165, 1.54) is 12.1 Å². The standard InChI is InChI=1S/C16H16N2O5/c19-14-8-11(9-22-14)10-23-16(21)13-5-3-4-12(17-13)15(20)18-6-1-2-7-18/h3-5,8H,1-2,6-7,9-10H2. The van der Waals surface area contributed by atoms with E-state index >= 15 is 0 Å². The van der Waals surface area contributed by atoms with E-state index in [-0.39, 0.29) is 30.5 Å². The van der Waals surface area contributed by atoms with Crippen LogP contribution in [0.15, 0.2) is 29.8 Å². The number of amides is 1. The fraction of sp³-hybridized carbons (Fsp3) is 0.375. The summed E-state index contributed by atoms with van der Waals surface area (Å²) < 4.78 is 9.82. The predicted molar refractivity (Wildman–Crippen MR) is 78.7 cm³/mol. The van der Waals surface area contributed by atoms with Gasteiger partial charge in [0.05, 0.1) is 0 Å². The number of ether oxygens (including phenoxy) is 2. The number of cyclic esters (lactones) is 1. The molecule has 0 radical (unpaired) electrons. The van der Waals surface area contributed by atoms with E-state index in [1.807, 2.05) is 0 Å². The Kier molecular flexibility index (Phi) is 4.36. The van der Waals surface area contributed by atoms with E-state index in [0.29, 0.717) is 5.57 Å². The van der Waals surface area contributed by atoms with Gasteiger partial charge in [0.2, 0.25) is 0 Å². The monoisotopic (exact) mass is 316 g/mol. The number of hydrogen-bond acceptors (Lipinski definition) is 6. The Labute approximate surface area is 132 Å². The van der Waals surface area contributed by atoms with Gasteiger partial charge < -0.3 is 14.4 Å². The van der Waals surface area contributed by atoms with Crippen LogP contribution in [-0.2, 0) is 14.3 Å². The third kappa shape index (κ3) is 3.56. The smallest absolute Gasteiger partial charge is 0.357 e. The van der Waals surface area contributed by atoms with E-state index in [1.54, 1.807) is 17.0 Å². The van der Waals surface area contributed by atoms with E-state index < -0.39 is 11.9 Å². The molecule has 7 nitrogen and oxygen atoms in total. The summed E-state index contributed by atoms with van der Waals surface area (Å²) in [4.78, 5) is 41.0. The summed E-state index contributed by atoms with van der Waals surface area (Å²) in [5, 5.41) is 0. The minimum atomic E-state index is -0.638. The van der Waals surface area contributed by atoms with Crippen LogP contribution in [0.1, 0.15) is 33.8 Å². The zero-order valence-corrected chi connectivity index (χ0v) is 12.5. The topological polar surface area (TPSA) is 85.8 Å². The van der Waals surface area contributed by atoms with Gasteiger partial charge in [-0.25, -0.2) is 14.6 Å². The van der Waals surface area contributed by atoms with Crippen molar-refractivity contribution in [1.29, 1.82) is 0 Å². The molecule has 1 aromatic rings. The Bertz CT molecular complexity index is 677. The minimum Gasteiger partial charge on any atom is -0.458 e. The van der Waals surface area contributed by atoms with Crippen molar-refractivity contribution in [3.05, 3.63) is 41.2 Å². The quantitative estimate of drug-likeness (QED) is 0.769. The Balaban J connectivity index is 1.64. The van der Waals surface area contributed by atoms with Crippen LogP contribution in [0.3, 0.4) is 0 Å². The van der Waals surface area contributed by atoms with Crippen LogP contribution in [0.4, 0.5) is 0 Å². The molecule has 2 aliphatic heterocycles. The SMILES string of the molecule is O=C1C=C(COC(=O)c2cccc(C(=O)N3CCCC3)n2)CO1. The molecule has 23 heavy (non-hydrogen) atoms. The number of nitrogens with zero attached hydrogens (tertiary/aromatic N) is 2. The molecule has 1 fully saturated rings. The molecule has 1 saturated heterocycles. The van der Waals surface area contributed by atoms with Crippen molar-refractivity contribution in [1.82, 2.24) is 9.88 Å². The average Bonchev–Trinajstić information content (AvgIpc) is 3.23. The minimum absolute atomic E-state index is 0.0312. The molecule has 0 spiro atoms. The van der Waals surface area contributed by atoms with Crippen LogP contribution in [0.25, 0.3) is 0 Å². The molecule has 7 heteroatoms. The third-order valence-electron chi connectivity index (χ3n) is 3.68. The molecule has 0 saturated carbocycles. The molecule has 0 atom stereocenters. The highest BCUT2D eigenvalue weighted by atomic mass is 16.5. The second-order valence-electron chi connectivity index (χ2n) is 5.39. The molecule has 0 N–H and O–H groups in total. The maximum absolute atomic E-state index is 12.3. The molecule has 3 heterocycles. The first-order valence-corrected chi connectivity index (χ1v) is 7.43. The van der Waals surface area contributed by atoms with Crippen molar-refractivity contribution < 1.29 is 23.9 Å². The van der Waals surface area contributed by atoms with Gasteiger partial charge in [0.25, 0.3) is 5.91 Å². The van der Waals surface area contributed by atoms with E-state index in [0.717, 1.165) is 25.9 Å². The van der Waals surface area contributed by atoms with Crippen LogP contribution in [0.2, 0.25) is 0 Å². The number of esters is 2. The van der Waals surface area contributed by atoms with Gasteiger partial charge in [-0.05, 0) is 25.0 Å². The number of likely N-dealkylation sites (tertiary alicyclic amines) is 1. The lowest BCUT2D eigenvalue weighted by Crippen LogP contribution is -2.28. The van der Waals surface area contributed by atoms with Crippen LogP contribution in [0, 0.1) is 0 Å². The first kappa shape index (κ1) is 15.2. The molecule has 0 bridgehead atoms. The van der Waals surface area contributed by atoms with Gasteiger partial charge in [0.15, 0.2) is 0 Å². The van der Waals surface area contributed by atoms with Crippen molar-refractivity contribution in [2.75, 3.05) is 26.3 Å². The van der Waals surface area contributed by atoms with Crippen molar-refractivity contribution in [3.8, 4) is 0 Å². The molecule has 3 rings (SSSR count). The lowest BCUT2D eigenvalue weighted by molar-refractivity contribution is -0.134. The number of hydrogen-bond donors (Lipinski definition) is 0. The van der Waals surface area contributed by atoms with Gasteiger partial charge in [-0.15, -0.1) is 0 Å². The lowest BCUT2D eigenvalue weighted by Gasteiger charge is -2.14. The summed E-state index contributed by atoms with van der Waals surface area (Å²) in [5.41, 5.74) is 0.897. The second-order valence-corrected chi connectivity index (χ2v) is 5.39. The number of pyridine rings is 1. The Morgan fingerprint density at radius 2 is 1.96 bits per heavy atom. The second kappa shape index (κ2) is 6.60. The molecule has 120 valence electrons. The van der Waals surface area contributed by atoms with Gasteiger partial charge in [-0.2, -0.15) is 0 Å². The summed E-state index contributed by atoms with van der Waals surface area (Å²) in [6.45, 7) is 1.54. The highest BCUT2D eigenvalue weighted by Crippen LogP contribution is 2.13. The van der Waals surface area contributed by atoms with Gasteiger partial charge in [0.1, 0.15) is 24.6 Å². The molecule has 2 aliphatic rings. The molecule has 0 aliphatic carbocycles. The zero-order chi connectivity index (χ0) is 16.2. The first-order valence-electron chi connectivity index (χ1n) is 7.43. The zero-order valence-electron chi connectivity index (χ0n) is 12.5. The van der Waals surface area contributed by atoms with Gasteiger partial charge in [-0.3, -0.25) is 4.79 Å². The molecule has 0 unspecified atom stereocenters. The normalized spacial score (nSPS) is 17.0. The maximum atomic E-state index is 12.3. The highest BCUT2D eigenvalue weighted by Gasteiger charge is 2.22. The van der Waals surface area contributed by atoms with Gasteiger partial charge in [0, 0.05) is 24.7 Å². The first-order chi connectivity index (χ1) is 11.1. The third-order valence-corrected chi connectivity index (χ3v) is 3.68. The van der Waals surface area contributed by atoms with Crippen LogP contribution < -0.4 is 0 Å². The fourth-order valence-corrected chi connectivity index (χ4v) is 2.48. The van der Waals surface area contributed by atoms with Gasteiger partial charge >= 0.3 is 11.9 Å². The molecule has 0 aromatic carbocycles. The Morgan fingerprint density at radius 1 is 1.22 bits per heavy atom. The van der Waals surface area contributed by atoms with E-state index in [9.17, 15) is 14.4 Å². The Morgan fingerprint density at radius 3 is 2.65 bits per heavy atom. The number of aromatic nitrogens is 1. The van der Waals surface area contributed by atoms with Crippen molar-refractivity contribution in [2.45, 2.75) is 12.8 Å². The maximum Gasteiger partial charge on any atom is 0.357 e. The predicted octanol–water partition coefficient (Wildman–Crippen LogP) is 0.958. The lowest BCUT2D eigenvalue weighted by atomic mass is 10.2. The van der Waals surface area contributed by atoms with E-state index in [2.05, 4.69) is 4.98 Å². The van der Waals surface area contributed by atoms with Crippen LogP contribution >= 0.6 is 0 Å².